The van der Waals surface area contributed by atoms with Gasteiger partial charge in [-0.25, -0.2) is 4.79 Å². The van der Waals surface area contributed by atoms with Gasteiger partial charge in [-0.15, -0.1) is 0 Å². The molecular weight excluding hydrogens is 408 g/mol. The van der Waals surface area contributed by atoms with Gasteiger partial charge in [0.1, 0.15) is 6.10 Å². The molecule has 2 amide bonds. The van der Waals surface area contributed by atoms with Crippen LogP contribution in [-0.4, -0.2) is 79.8 Å². The van der Waals surface area contributed by atoms with Crippen molar-refractivity contribution in [3.63, 3.8) is 0 Å². The number of hydrogen-bond acceptors (Lipinski definition) is 7. The molecule has 30 heavy (non-hydrogen) atoms. The van der Waals surface area contributed by atoms with Gasteiger partial charge in [0.2, 0.25) is 0 Å². The number of ether oxygens (including phenoxy) is 2. The lowest BCUT2D eigenvalue weighted by atomic mass is 10.2. The van der Waals surface area contributed by atoms with Crippen molar-refractivity contribution in [2.24, 2.45) is 0 Å². The van der Waals surface area contributed by atoms with Crippen molar-refractivity contribution >= 4 is 46.6 Å². The molecule has 10 heteroatoms. The Hall–Kier alpha value is -2.88. The number of nitrogens with one attached hydrogen (secondary N) is 1. The van der Waals surface area contributed by atoms with Crippen LogP contribution in [0.5, 0.6) is 0 Å². The third kappa shape index (κ3) is 5.59. The van der Waals surface area contributed by atoms with Crippen molar-refractivity contribution in [2.75, 3.05) is 55.7 Å². The fourth-order valence-electron chi connectivity index (χ4n) is 3.41. The van der Waals surface area contributed by atoms with Crippen molar-refractivity contribution in [1.29, 1.82) is 0 Å². The van der Waals surface area contributed by atoms with Crippen molar-refractivity contribution in [2.45, 2.75) is 20.0 Å². The molecule has 1 aromatic rings. The number of carbonyl (C=O) groups is 3. The zero-order valence-corrected chi connectivity index (χ0v) is 17.9. The number of anilines is 2. The quantitative estimate of drug-likeness (QED) is 0.527. The van der Waals surface area contributed by atoms with Crippen LogP contribution in [0.3, 0.4) is 0 Å². The monoisotopic (exact) mass is 434 g/mol. The van der Waals surface area contributed by atoms with Crippen molar-refractivity contribution in [3.8, 4) is 0 Å². The molecule has 0 saturated carbocycles. The van der Waals surface area contributed by atoms with Crippen LogP contribution >= 0.6 is 12.2 Å². The number of benzene rings is 1. The molecule has 0 unspecified atom stereocenters. The van der Waals surface area contributed by atoms with Crippen molar-refractivity contribution in [3.05, 3.63) is 24.3 Å². The largest absolute Gasteiger partial charge is 0.456 e. The maximum Gasteiger partial charge on any atom is 0.414 e. The highest BCUT2D eigenvalue weighted by atomic mass is 32.1. The van der Waals surface area contributed by atoms with Crippen LogP contribution in [0, 0.1) is 0 Å². The predicted octanol–water partition coefficient (Wildman–Crippen LogP) is 1.16. The number of nitrogens with zero attached hydrogens (tertiary/aromatic N) is 3. The molecule has 2 fully saturated rings. The fourth-order valence-corrected chi connectivity index (χ4v) is 3.49. The van der Waals surface area contributed by atoms with Crippen LogP contribution in [0.1, 0.15) is 13.8 Å². The van der Waals surface area contributed by atoms with E-state index in [0.29, 0.717) is 44.3 Å². The highest BCUT2D eigenvalue weighted by Gasteiger charge is 2.32. The second-order valence-corrected chi connectivity index (χ2v) is 7.83. The Kier molecular flexibility index (Phi) is 7.09. The summed E-state index contributed by atoms with van der Waals surface area (Å²) in [4.78, 5) is 41.2. The molecule has 1 N–H and O–H groups in total. The summed E-state index contributed by atoms with van der Waals surface area (Å²) in [6.45, 7) is 6.32. The van der Waals surface area contributed by atoms with Gasteiger partial charge in [-0.2, -0.15) is 0 Å². The number of amides is 2. The van der Waals surface area contributed by atoms with E-state index in [9.17, 15) is 14.4 Å². The van der Waals surface area contributed by atoms with E-state index in [4.69, 9.17) is 21.7 Å². The van der Waals surface area contributed by atoms with Crippen LogP contribution in [-0.2, 0) is 19.1 Å². The molecule has 2 aliphatic heterocycles. The minimum Gasteiger partial charge on any atom is -0.456 e. The van der Waals surface area contributed by atoms with Gasteiger partial charge >= 0.3 is 12.1 Å². The molecule has 9 nitrogen and oxygen atoms in total. The number of hydrogen-bond donors (Lipinski definition) is 1. The molecule has 0 aromatic heterocycles. The predicted molar refractivity (Wildman–Crippen MR) is 116 cm³/mol. The van der Waals surface area contributed by atoms with Crippen LogP contribution in [0.4, 0.5) is 16.2 Å². The SMILES string of the molecule is CC(=O)OCC(=O)N1CCN(c2ccc(N3C[C@H](CNC(C)=S)OC3=O)cc2)CC1. The second-order valence-electron chi connectivity index (χ2n) is 7.22. The van der Waals surface area contributed by atoms with Gasteiger partial charge in [0.25, 0.3) is 5.91 Å². The number of cyclic esters (lactones) is 1. The van der Waals surface area contributed by atoms with E-state index in [-0.39, 0.29) is 24.7 Å². The van der Waals surface area contributed by atoms with Crippen molar-refractivity contribution in [1.82, 2.24) is 10.2 Å². The van der Waals surface area contributed by atoms with Gasteiger partial charge in [0.05, 0.1) is 18.1 Å². The minimum atomic E-state index is -0.458. The molecule has 1 aromatic carbocycles. The fraction of sp³-hybridized carbons (Fsp3) is 0.500. The van der Waals surface area contributed by atoms with Crippen LogP contribution in [0.15, 0.2) is 24.3 Å². The summed E-state index contributed by atoms with van der Waals surface area (Å²) in [5.41, 5.74) is 1.80. The lowest BCUT2D eigenvalue weighted by molar-refractivity contribution is -0.150. The van der Waals surface area contributed by atoms with Gasteiger partial charge < -0.3 is 24.6 Å². The summed E-state index contributed by atoms with van der Waals surface area (Å²) in [7, 11) is 0. The van der Waals surface area contributed by atoms with E-state index in [1.54, 1.807) is 16.7 Å². The Bertz CT molecular complexity index is 808. The molecule has 0 bridgehead atoms. The van der Waals surface area contributed by atoms with Gasteiger partial charge in [-0.05, 0) is 31.2 Å². The zero-order chi connectivity index (χ0) is 21.7. The first-order valence-corrected chi connectivity index (χ1v) is 10.2. The maximum absolute atomic E-state index is 12.2. The molecule has 1 atom stereocenters. The lowest BCUT2D eigenvalue weighted by Gasteiger charge is -2.36. The molecule has 2 aliphatic rings. The number of carbonyl (C=O) groups excluding carboxylic acids is 3. The Balaban J connectivity index is 1.52. The third-order valence-corrected chi connectivity index (χ3v) is 5.15. The van der Waals surface area contributed by atoms with Crippen LogP contribution in [0.2, 0.25) is 0 Å². The third-order valence-electron chi connectivity index (χ3n) is 5.01. The van der Waals surface area contributed by atoms with Gasteiger partial charge in [-0.3, -0.25) is 14.5 Å². The van der Waals surface area contributed by atoms with E-state index < -0.39 is 5.97 Å². The number of esters is 1. The number of rotatable bonds is 6. The number of thiocarbonyl (C=S) groups is 1. The summed E-state index contributed by atoms with van der Waals surface area (Å²) in [5, 5.41) is 3.03. The van der Waals surface area contributed by atoms with E-state index >= 15 is 0 Å². The normalized spacial score (nSPS) is 18.8. The molecule has 3 rings (SSSR count). The Labute approximate surface area is 180 Å². The van der Waals surface area contributed by atoms with E-state index in [0.717, 1.165) is 11.4 Å². The molecule has 0 radical (unpaired) electrons. The molecule has 2 saturated heterocycles. The van der Waals surface area contributed by atoms with E-state index in [2.05, 4.69) is 10.2 Å². The Morgan fingerprint density at radius 2 is 1.77 bits per heavy atom. The summed E-state index contributed by atoms with van der Waals surface area (Å²) >= 11 is 4.99. The maximum atomic E-state index is 12.2. The molecule has 162 valence electrons. The average Bonchev–Trinajstić information content (AvgIpc) is 3.11. The smallest absolute Gasteiger partial charge is 0.414 e. The van der Waals surface area contributed by atoms with Crippen LogP contribution < -0.4 is 15.1 Å². The highest BCUT2D eigenvalue weighted by Crippen LogP contribution is 2.25. The summed E-state index contributed by atoms with van der Waals surface area (Å²) < 4.78 is 10.2. The molecule has 0 aliphatic carbocycles. The van der Waals surface area contributed by atoms with E-state index in [1.165, 1.54) is 6.92 Å². The summed E-state index contributed by atoms with van der Waals surface area (Å²) in [5.74, 6) is -0.638. The minimum absolute atomic E-state index is 0.180. The highest BCUT2D eigenvalue weighted by molar-refractivity contribution is 7.80. The van der Waals surface area contributed by atoms with Gasteiger partial charge in [0.15, 0.2) is 6.61 Å². The first kappa shape index (κ1) is 21.8. The van der Waals surface area contributed by atoms with Crippen LogP contribution in [0.25, 0.3) is 0 Å². The molecular formula is C20H26N4O5S. The topological polar surface area (TPSA) is 91.4 Å². The average molecular weight is 435 g/mol. The second kappa shape index (κ2) is 9.75. The van der Waals surface area contributed by atoms with E-state index in [1.807, 2.05) is 24.3 Å². The van der Waals surface area contributed by atoms with Crippen molar-refractivity contribution < 1.29 is 23.9 Å². The van der Waals surface area contributed by atoms with Gasteiger partial charge in [-0.1, -0.05) is 12.2 Å². The zero-order valence-electron chi connectivity index (χ0n) is 17.1. The number of piperazine rings is 1. The Morgan fingerprint density at radius 1 is 1.13 bits per heavy atom. The molecule has 0 spiro atoms. The van der Waals surface area contributed by atoms with Gasteiger partial charge in [0, 0.05) is 44.5 Å². The standard InChI is InChI=1S/C20H26N4O5S/c1-14(30)21-11-18-12-24(20(27)29-18)17-5-3-16(4-6-17)22-7-9-23(10-8-22)19(26)13-28-15(2)25/h3-6,18H,7-13H2,1-2H3,(H,21,30)/t18-/m0/s1. The first-order chi connectivity index (χ1) is 14.3. The summed E-state index contributed by atoms with van der Waals surface area (Å²) in [6.07, 6.45) is -0.607. The molecule has 2 heterocycles. The first-order valence-electron chi connectivity index (χ1n) is 9.82. The summed E-state index contributed by atoms with van der Waals surface area (Å²) in [6, 6.07) is 7.72. The lowest BCUT2D eigenvalue weighted by Crippen LogP contribution is -2.49. The Morgan fingerprint density at radius 3 is 2.37 bits per heavy atom.